The third kappa shape index (κ3) is 2.44. The molecule has 2 unspecified atom stereocenters. The summed E-state index contributed by atoms with van der Waals surface area (Å²) in [6.07, 6.45) is 6.32. The molecule has 0 bridgehead atoms. The van der Waals surface area contributed by atoms with Gasteiger partial charge in [-0.3, -0.25) is 0 Å². The fourth-order valence-electron chi connectivity index (χ4n) is 3.93. The number of fused-ring (bicyclic) bond motifs is 3. The zero-order valence-electron chi connectivity index (χ0n) is 13.3. The van der Waals surface area contributed by atoms with Gasteiger partial charge in [0.2, 0.25) is 0 Å². The first-order chi connectivity index (χ1) is 10.5. The summed E-state index contributed by atoms with van der Waals surface area (Å²) >= 11 is 0. The van der Waals surface area contributed by atoms with Crippen molar-refractivity contribution in [1.82, 2.24) is 0 Å². The molecule has 118 valence electrons. The van der Waals surface area contributed by atoms with E-state index in [0.717, 1.165) is 35.3 Å². The third-order valence-electron chi connectivity index (χ3n) is 5.03. The predicted molar refractivity (Wildman–Crippen MR) is 87.3 cm³/mol. The maximum atomic E-state index is 10.5. The minimum absolute atomic E-state index is 0.0924. The second-order valence-electron chi connectivity index (χ2n) is 6.90. The van der Waals surface area contributed by atoms with Crippen molar-refractivity contribution in [1.29, 1.82) is 0 Å². The smallest absolute Gasteiger partial charge is 0.127 e. The largest absolute Gasteiger partial charge is 0.508 e. The van der Waals surface area contributed by atoms with Crippen LogP contribution in [0.3, 0.4) is 0 Å². The van der Waals surface area contributed by atoms with Crippen LogP contribution in [0.25, 0.3) is 0 Å². The molecule has 0 radical (unpaired) electrons. The van der Waals surface area contributed by atoms with E-state index in [-0.39, 0.29) is 18.1 Å². The van der Waals surface area contributed by atoms with E-state index in [9.17, 15) is 10.2 Å². The average molecular weight is 300 g/mol. The quantitative estimate of drug-likeness (QED) is 0.837. The van der Waals surface area contributed by atoms with Crippen LogP contribution in [0.2, 0.25) is 0 Å². The van der Waals surface area contributed by atoms with Crippen molar-refractivity contribution in [3.8, 4) is 11.5 Å². The Morgan fingerprint density at radius 3 is 2.86 bits per heavy atom. The summed E-state index contributed by atoms with van der Waals surface area (Å²) in [5, 5.41) is 20.0. The van der Waals surface area contributed by atoms with Gasteiger partial charge < -0.3 is 14.9 Å². The van der Waals surface area contributed by atoms with Crippen LogP contribution in [0, 0.1) is 5.92 Å². The Morgan fingerprint density at radius 2 is 2.18 bits per heavy atom. The van der Waals surface area contributed by atoms with Crippen molar-refractivity contribution in [2.24, 2.45) is 5.92 Å². The number of benzene rings is 1. The highest BCUT2D eigenvalue weighted by Crippen LogP contribution is 2.54. The van der Waals surface area contributed by atoms with Crippen LogP contribution in [0.1, 0.15) is 43.7 Å². The molecule has 3 nitrogen and oxygen atoms in total. The van der Waals surface area contributed by atoms with Crippen LogP contribution in [-0.4, -0.2) is 22.4 Å². The van der Waals surface area contributed by atoms with Crippen molar-refractivity contribution in [2.75, 3.05) is 6.61 Å². The first-order valence-electron chi connectivity index (χ1n) is 7.90. The standard InChI is InChI=1S/C19H24O3/c1-4-5-12-9-16(21)18-14-8-13(11-20)6-7-15(14)19(2,3)22-17(18)10-12/h4,6,9-10,14-15,20-21H,1,5,7-8,11H2,2-3H3. The van der Waals surface area contributed by atoms with Gasteiger partial charge in [0.1, 0.15) is 17.1 Å². The normalized spacial score (nSPS) is 25.5. The number of hydrogen-bond acceptors (Lipinski definition) is 3. The predicted octanol–water partition coefficient (Wildman–Crippen LogP) is 3.70. The summed E-state index contributed by atoms with van der Waals surface area (Å²) in [4.78, 5) is 0. The molecule has 1 heterocycles. The van der Waals surface area contributed by atoms with E-state index in [1.807, 2.05) is 18.2 Å². The Hall–Kier alpha value is -1.74. The number of phenols is 1. The van der Waals surface area contributed by atoms with Gasteiger partial charge in [0.05, 0.1) is 6.61 Å². The average Bonchev–Trinajstić information content (AvgIpc) is 2.45. The number of phenolic OH excluding ortho intramolecular Hbond substituents is 1. The minimum Gasteiger partial charge on any atom is -0.508 e. The van der Waals surface area contributed by atoms with Crippen LogP contribution in [-0.2, 0) is 6.42 Å². The number of allylic oxidation sites excluding steroid dienone is 2. The zero-order valence-corrected chi connectivity index (χ0v) is 13.3. The second kappa shape index (κ2) is 5.47. The fourth-order valence-corrected chi connectivity index (χ4v) is 3.93. The highest BCUT2D eigenvalue weighted by molar-refractivity contribution is 5.53. The molecule has 0 spiro atoms. The van der Waals surface area contributed by atoms with Gasteiger partial charge in [-0.1, -0.05) is 12.2 Å². The highest BCUT2D eigenvalue weighted by atomic mass is 16.5. The number of rotatable bonds is 3. The molecule has 3 heteroatoms. The second-order valence-corrected chi connectivity index (χ2v) is 6.90. The molecular weight excluding hydrogens is 276 g/mol. The van der Waals surface area contributed by atoms with Crippen LogP contribution in [0.15, 0.2) is 36.4 Å². The van der Waals surface area contributed by atoms with Gasteiger partial charge in [-0.25, -0.2) is 0 Å². The van der Waals surface area contributed by atoms with E-state index in [1.165, 1.54) is 0 Å². The van der Waals surface area contributed by atoms with E-state index in [1.54, 1.807) is 0 Å². The Labute approximate surface area is 131 Å². The maximum Gasteiger partial charge on any atom is 0.127 e. The van der Waals surface area contributed by atoms with E-state index >= 15 is 0 Å². The molecule has 2 N–H and O–H groups in total. The zero-order chi connectivity index (χ0) is 15.9. The van der Waals surface area contributed by atoms with Crippen molar-refractivity contribution in [2.45, 2.75) is 44.6 Å². The van der Waals surface area contributed by atoms with Crippen LogP contribution in [0.5, 0.6) is 11.5 Å². The topological polar surface area (TPSA) is 49.7 Å². The van der Waals surface area contributed by atoms with Gasteiger partial charge >= 0.3 is 0 Å². The first kappa shape index (κ1) is 15.2. The molecule has 0 saturated carbocycles. The SMILES string of the molecule is C=CCc1cc(O)c2c(c1)OC(C)(C)C1CC=C(CO)CC21. The molecule has 3 rings (SSSR count). The van der Waals surface area contributed by atoms with Gasteiger partial charge in [-0.2, -0.15) is 0 Å². The van der Waals surface area contributed by atoms with Crippen LogP contribution in [0.4, 0.5) is 0 Å². The summed E-state index contributed by atoms with van der Waals surface area (Å²) in [6, 6.07) is 3.84. The molecule has 22 heavy (non-hydrogen) atoms. The Bertz CT molecular complexity index is 628. The van der Waals surface area contributed by atoms with Crippen LogP contribution >= 0.6 is 0 Å². The lowest BCUT2D eigenvalue weighted by molar-refractivity contribution is 0.00675. The number of hydrogen-bond donors (Lipinski definition) is 2. The van der Waals surface area contributed by atoms with Crippen molar-refractivity contribution < 1.29 is 14.9 Å². The van der Waals surface area contributed by atoms with Gasteiger partial charge in [-0.05, 0) is 56.4 Å². The van der Waals surface area contributed by atoms with E-state index < -0.39 is 0 Å². The van der Waals surface area contributed by atoms with Crippen molar-refractivity contribution >= 4 is 0 Å². The van der Waals surface area contributed by atoms with Gasteiger partial charge in [0, 0.05) is 17.4 Å². The number of aromatic hydroxyl groups is 1. The van der Waals surface area contributed by atoms with E-state index in [0.29, 0.717) is 18.1 Å². The number of aliphatic hydroxyl groups is 1. The van der Waals surface area contributed by atoms with Crippen LogP contribution < -0.4 is 4.74 Å². The number of ether oxygens (including phenoxy) is 1. The summed E-state index contributed by atoms with van der Waals surface area (Å²) < 4.78 is 6.24. The Morgan fingerprint density at radius 1 is 1.41 bits per heavy atom. The first-order valence-corrected chi connectivity index (χ1v) is 7.90. The van der Waals surface area contributed by atoms with E-state index in [4.69, 9.17) is 4.74 Å². The number of aliphatic hydroxyl groups excluding tert-OH is 1. The molecule has 1 aromatic rings. The lowest BCUT2D eigenvalue weighted by atomic mass is 9.67. The monoisotopic (exact) mass is 300 g/mol. The molecule has 2 atom stereocenters. The third-order valence-corrected chi connectivity index (χ3v) is 5.03. The van der Waals surface area contributed by atoms with Gasteiger partial charge in [0.25, 0.3) is 0 Å². The van der Waals surface area contributed by atoms with Crippen molar-refractivity contribution in [3.05, 3.63) is 47.6 Å². The molecule has 2 aliphatic rings. The van der Waals surface area contributed by atoms with E-state index in [2.05, 4.69) is 26.5 Å². The summed E-state index contributed by atoms with van der Waals surface area (Å²) in [6.45, 7) is 8.07. The maximum absolute atomic E-state index is 10.5. The van der Waals surface area contributed by atoms with Crippen molar-refractivity contribution in [3.63, 3.8) is 0 Å². The molecular formula is C19H24O3. The summed E-state index contributed by atoms with van der Waals surface area (Å²) in [5.74, 6) is 1.59. The lowest BCUT2D eigenvalue weighted by Crippen LogP contribution is -2.45. The van der Waals surface area contributed by atoms with Gasteiger partial charge in [0.15, 0.2) is 0 Å². The fraction of sp³-hybridized carbons (Fsp3) is 0.474. The molecule has 1 aromatic carbocycles. The molecule has 1 aliphatic carbocycles. The molecule has 0 aromatic heterocycles. The Balaban J connectivity index is 2.09. The summed E-state index contributed by atoms with van der Waals surface area (Å²) in [7, 11) is 0. The Kier molecular flexibility index (Phi) is 3.77. The molecule has 0 amide bonds. The molecule has 0 fully saturated rings. The summed E-state index contributed by atoms with van der Waals surface area (Å²) in [5.41, 5.74) is 2.68. The minimum atomic E-state index is -0.283. The van der Waals surface area contributed by atoms with Gasteiger partial charge in [-0.15, -0.1) is 6.58 Å². The highest BCUT2D eigenvalue weighted by Gasteiger charge is 2.45. The molecule has 1 aliphatic heterocycles. The molecule has 0 saturated heterocycles. The lowest BCUT2D eigenvalue weighted by Gasteiger charge is -2.47.